The van der Waals surface area contributed by atoms with Crippen LogP contribution in [0, 0.1) is 10.1 Å². The van der Waals surface area contributed by atoms with Crippen LogP contribution in [0.5, 0.6) is 0 Å². The van der Waals surface area contributed by atoms with Gasteiger partial charge in [-0.3, -0.25) is 14.9 Å². The van der Waals surface area contributed by atoms with Crippen molar-refractivity contribution in [3.8, 4) is 0 Å². The molecule has 0 aliphatic rings. The van der Waals surface area contributed by atoms with Gasteiger partial charge in [-0.05, 0) is 24.3 Å². The average Bonchev–Trinajstić information content (AvgIpc) is 2.88. The third-order valence-electron chi connectivity index (χ3n) is 2.28. The van der Waals surface area contributed by atoms with Crippen LogP contribution in [0.2, 0.25) is 0 Å². The fourth-order valence-electron chi connectivity index (χ4n) is 1.43. The lowest BCUT2D eigenvalue weighted by molar-refractivity contribution is -0.385. The summed E-state index contributed by atoms with van der Waals surface area (Å²) in [7, 11) is 0. The smallest absolute Gasteiger partial charge is 0.279 e. The number of nitrogens with zero attached hydrogens (tertiary/aromatic N) is 1. The summed E-state index contributed by atoms with van der Waals surface area (Å²) in [4.78, 5) is 21.7. The van der Waals surface area contributed by atoms with Crippen molar-refractivity contribution in [1.82, 2.24) is 0 Å². The van der Waals surface area contributed by atoms with E-state index in [4.69, 9.17) is 4.42 Å². The van der Waals surface area contributed by atoms with E-state index >= 15 is 0 Å². The van der Waals surface area contributed by atoms with E-state index in [0.29, 0.717) is 12.0 Å². The second kappa shape index (κ2) is 5.50. The number of carbonyl (C=O) groups excluding carboxylic acids is 1. The van der Waals surface area contributed by atoms with Crippen molar-refractivity contribution in [3.05, 3.63) is 58.0 Å². The fraction of sp³-hybridized carbons (Fsp3) is 0.0833. The Morgan fingerprint density at radius 1 is 1.39 bits per heavy atom. The minimum Gasteiger partial charge on any atom is -0.468 e. The number of hydrogen-bond acceptors (Lipinski definition) is 5. The minimum absolute atomic E-state index is 0.0874. The van der Waals surface area contributed by atoms with Crippen LogP contribution in [-0.4, -0.2) is 11.2 Å². The minimum atomic E-state index is -0.565. The van der Waals surface area contributed by atoms with Crippen molar-refractivity contribution in [1.29, 1.82) is 0 Å². The van der Waals surface area contributed by atoms with Gasteiger partial charge in [-0.2, -0.15) is 0 Å². The molecule has 92 valence electrons. The molecule has 0 amide bonds. The maximum absolute atomic E-state index is 10.8. The van der Waals surface area contributed by atoms with E-state index < -0.39 is 4.92 Å². The molecule has 0 aliphatic heterocycles. The van der Waals surface area contributed by atoms with E-state index in [0.717, 1.165) is 10.7 Å². The molecule has 2 rings (SSSR count). The highest BCUT2D eigenvalue weighted by molar-refractivity contribution is 7.98. The molecule has 2 aromatic rings. The SMILES string of the molecule is O=Cc1cc(SCc2ccco2)ccc1[N+](=O)[O-]. The molecule has 0 atom stereocenters. The van der Waals surface area contributed by atoms with Crippen molar-refractivity contribution >= 4 is 23.7 Å². The summed E-state index contributed by atoms with van der Waals surface area (Å²) < 4.78 is 5.18. The van der Waals surface area contributed by atoms with Crippen LogP contribution in [0.25, 0.3) is 0 Å². The van der Waals surface area contributed by atoms with Gasteiger partial charge in [-0.1, -0.05) is 0 Å². The number of carbonyl (C=O) groups is 1. The number of hydrogen-bond donors (Lipinski definition) is 0. The predicted octanol–water partition coefficient (Wildman–Crippen LogP) is 3.29. The molecule has 18 heavy (non-hydrogen) atoms. The first-order chi connectivity index (χ1) is 8.70. The zero-order chi connectivity index (χ0) is 13.0. The van der Waals surface area contributed by atoms with Gasteiger partial charge in [0.15, 0.2) is 6.29 Å². The predicted molar refractivity (Wildman–Crippen MR) is 66.8 cm³/mol. The number of furan rings is 1. The largest absolute Gasteiger partial charge is 0.468 e. The number of nitro groups is 1. The lowest BCUT2D eigenvalue weighted by Gasteiger charge is -2.01. The zero-order valence-electron chi connectivity index (χ0n) is 9.24. The van der Waals surface area contributed by atoms with Crippen LogP contribution in [0.15, 0.2) is 45.9 Å². The summed E-state index contributed by atoms with van der Waals surface area (Å²) in [5, 5.41) is 10.7. The van der Waals surface area contributed by atoms with Crippen LogP contribution < -0.4 is 0 Å². The fourth-order valence-corrected chi connectivity index (χ4v) is 2.28. The summed E-state index contributed by atoms with van der Waals surface area (Å²) in [5.41, 5.74) is -0.0863. The van der Waals surface area contributed by atoms with Gasteiger partial charge < -0.3 is 4.42 Å². The molecule has 0 aliphatic carbocycles. The van der Waals surface area contributed by atoms with Crippen molar-refractivity contribution in [2.75, 3.05) is 0 Å². The van der Waals surface area contributed by atoms with E-state index in [2.05, 4.69) is 0 Å². The summed E-state index contributed by atoms with van der Waals surface area (Å²) in [6.07, 6.45) is 2.08. The van der Waals surface area contributed by atoms with E-state index in [1.54, 1.807) is 18.4 Å². The Kier molecular flexibility index (Phi) is 3.78. The topological polar surface area (TPSA) is 73.3 Å². The number of nitro benzene ring substituents is 1. The summed E-state index contributed by atoms with van der Waals surface area (Å²) >= 11 is 1.45. The highest BCUT2D eigenvalue weighted by Gasteiger charge is 2.13. The van der Waals surface area contributed by atoms with Gasteiger partial charge in [0.25, 0.3) is 5.69 Å². The van der Waals surface area contributed by atoms with Gasteiger partial charge in [0.1, 0.15) is 5.76 Å². The lowest BCUT2D eigenvalue weighted by atomic mass is 10.2. The molecule has 5 nitrogen and oxygen atoms in total. The molecular formula is C12H9NO4S. The molecule has 1 heterocycles. The molecule has 0 unspecified atom stereocenters. The Morgan fingerprint density at radius 3 is 2.83 bits per heavy atom. The molecule has 0 saturated carbocycles. The summed E-state index contributed by atoms with van der Waals surface area (Å²) in [6, 6.07) is 8.12. The number of rotatable bonds is 5. The van der Waals surface area contributed by atoms with Gasteiger partial charge in [-0.25, -0.2) is 0 Å². The van der Waals surface area contributed by atoms with Gasteiger partial charge in [0.05, 0.1) is 22.5 Å². The first kappa shape index (κ1) is 12.4. The van der Waals surface area contributed by atoms with E-state index in [1.807, 2.05) is 6.07 Å². The second-order valence-corrected chi connectivity index (χ2v) is 4.51. The van der Waals surface area contributed by atoms with Gasteiger partial charge in [0, 0.05) is 11.0 Å². The molecule has 0 spiro atoms. The Bertz CT molecular complexity index is 565. The molecule has 0 saturated heterocycles. The third kappa shape index (κ3) is 2.78. The highest BCUT2D eigenvalue weighted by atomic mass is 32.2. The third-order valence-corrected chi connectivity index (χ3v) is 3.30. The van der Waals surface area contributed by atoms with Crippen LogP contribution in [-0.2, 0) is 5.75 Å². The maximum atomic E-state index is 10.8. The standard InChI is InChI=1S/C12H9NO4S/c14-7-9-6-11(3-4-12(9)13(15)16)18-8-10-2-1-5-17-10/h1-7H,8H2. The molecule has 1 aromatic heterocycles. The summed E-state index contributed by atoms with van der Waals surface area (Å²) in [6.45, 7) is 0. The number of thioether (sulfide) groups is 1. The van der Waals surface area contributed by atoms with Crippen LogP contribution >= 0.6 is 11.8 Å². The Labute approximate surface area is 107 Å². The van der Waals surface area contributed by atoms with E-state index in [1.165, 1.54) is 23.9 Å². The van der Waals surface area contributed by atoms with E-state index in [-0.39, 0.29) is 11.3 Å². The van der Waals surface area contributed by atoms with Crippen molar-refractivity contribution in [2.24, 2.45) is 0 Å². The monoisotopic (exact) mass is 263 g/mol. The van der Waals surface area contributed by atoms with Crippen molar-refractivity contribution in [3.63, 3.8) is 0 Å². The number of benzene rings is 1. The quantitative estimate of drug-likeness (QED) is 0.358. The van der Waals surface area contributed by atoms with Gasteiger partial charge in [-0.15, -0.1) is 11.8 Å². The zero-order valence-corrected chi connectivity index (χ0v) is 10.1. The van der Waals surface area contributed by atoms with Gasteiger partial charge >= 0.3 is 0 Å². The van der Waals surface area contributed by atoms with Crippen molar-refractivity contribution in [2.45, 2.75) is 10.6 Å². The Morgan fingerprint density at radius 2 is 2.22 bits per heavy atom. The Hall–Kier alpha value is -2.08. The summed E-state index contributed by atoms with van der Waals surface area (Å²) in [5.74, 6) is 1.43. The molecule has 6 heteroatoms. The number of aldehydes is 1. The van der Waals surface area contributed by atoms with Crippen LogP contribution in [0.3, 0.4) is 0 Å². The molecule has 0 bridgehead atoms. The van der Waals surface area contributed by atoms with E-state index in [9.17, 15) is 14.9 Å². The average molecular weight is 263 g/mol. The van der Waals surface area contributed by atoms with Gasteiger partial charge in [0.2, 0.25) is 0 Å². The Balaban J connectivity index is 2.14. The highest BCUT2D eigenvalue weighted by Crippen LogP contribution is 2.27. The normalized spacial score (nSPS) is 10.2. The molecular weight excluding hydrogens is 254 g/mol. The first-order valence-corrected chi connectivity index (χ1v) is 6.08. The molecule has 0 radical (unpaired) electrons. The lowest BCUT2D eigenvalue weighted by Crippen LogP contribution is -1.94. The molecule has 0 N–H and O–H groups in total. The maximum Gasteiger partial charge on any atom is 0.279 e. The van der Waals surface area contributed by atoms with Crippen LogP contribution in [0.1, 0.15) is 16.1 Å². The second-order valence-electron chi connectivity index (χ2n) is 3.46. The van der Waals surface area contributed by atoms with Crippen molar-refractivity contribution < 1.29 is 14.1 Å². The molecule has 1 aromatic carbocycles. The first-order valence-electron chi connectivity index (χ1n) is 5.09. The molecule has 0 fully saturated rings. The van der Waals surface area contributed by atoms with Crippen LogP contribution in [0.4, 0.5) is 5.69 Å².